The maximum absolute atomic E-state index is 11.9. The van der Waals surface area contributed by atoms with E-state index in [0.717, 1.165) is 11.3 Å². The topological polar surface area (TPSA) is 95.7 Å². The molecule has 92 valence electrons. The highest BCUT2D eigenvalue weighted by molar-refractivity contribution is 7.94. The largest absolute Gasteiger partial charge is 0.272 e. The highest BCUT2D eigenvalue weighted by Gasteiger charge is 2.19. The molecule has 0 amide bonds. The molecule has 0 unspecified atom stereocenters. The van der Waals surface area contributed by atoms with E-state index in [9.17, 15) is 8.42 Å². The fraction of sp³-hybridized carbons (Fsp3) is 0. The van der Waals surface area contributed by atoms with Gasteiger partial charge in [0.05, 0.1) is 0 Å². The van der Waals surface area contributed by atoms with Crippen LogP contribution in [0.25, 0.3) is 0 Å². The zero-order chi connectivity index (χ0) is 13.2. The van der Waals surface area contributed by atoms with Gasteiger partial charge in [-0.25, -0.2) is 18.4 Å². The zero-order valence-corrected chi connectivity index (χ0v) is 11.1. The summed E-state index contributed by atoms with van der Waals surface area (Å²) in [6, 6.07) is 4.64. The Labute approximate surface area is 112 Å². The number of hydrogen-bond donors (Lipinski definition) is 1. The minimum Gasteiger partial charge on any atom is -0.260 e. The molecular formula is C9H5ClN4O2S2. The van der Waals surface area contributed by atoms with E-state index in [-0.39, 0.29) is 15.2 Å². The predicted octanol–water partition coefficient (Wildman–Crippen LogP) is 1.86. The van der Waals surface area contributed by atoms with E-state index in [1.807, 2.05) is 6.07 Å². The van der Waals surface area contributed by atoms with E-state index in [1.165, 1.54) is 24.5 Å². The van der Waals surface area contributed by atoms with E-state index in [1.54, 1.807) is 0 Å². The highest BCUT2D eigenvalue weighted by Crippen LogP contribution is 2.24. The summed E-state index contributed by atoms with van der Waals surface area (Å²) in [6.07, 6.45) is 2.66. The molecule has 0 aliphatic heterocycles. The summed E-state index contributed by atoms with van der Waals surface area (Å²) >= 11 is 6.56. The normalized spacial score (nSPS) is 10.9. The van der Waals surface area contributed by atoms with Gasteiger partial charge in [-0.3, -0.25) is 4.72 Å². The molecule has 6 nitrogen and oxygen atoms in total. The number of aromatic nitrogens is 2. The second-order valence-electron chi connectivity index (χ2n) is 3.03. The number of hydrogen-bond acceptors (Lipinski definition) is 6. The van der Waals surface area contributed by atoms with Gasteiger partial charge in [-0.15, -0.1) is 11.3 Å². The Balaban J connectivity index is 2.34. The molecule has 0 aliphatic rings. The smallest absolute Gasteiger partial charge is 0.260 e. The van der Waals surface area contributed by atoms with Gasteiger partial charge in [0.1, 0.15) is 15.2 Å². The second kappa shape index (κ2) is 4.89. The maximum Gasteiger partial charge on any atom is 0.272 e. The van der Waals surface area contributed by atoms with Crippen LogP contribution in [0, 0.1) is 11.3 Å². The molecule has 2 aromatic heterocycles. The highest BCUT2D eigenvalue weighted by atomic mass is 35.5. The van der Waals surface area contributed by atoms with E-state index < -0.39 is 10.0 Å². The van der Waals surface area contributed by atoms with Crippen LogP contribution in [0.5, 0.6) is 0 Å². The first kappa shape index (κ1) is 12.8. The summed E-state index contributed by atoms with van der Waals surface area (Å²) in [7, 11) is -3.79. The molecule has 1 N–H and O–H groups in total. The minimum absolute atomic E-state index is 0.0146. The molecule has 0 saturated carbocycles. The second-order valence-corrected chi connectivity index (χ2v) is 6.38. The Morgan fingerprint density at radius 1 is 1.33 bits per heavy atom. The number of halogens is 1. The van der Waals surface area contributed by atoms with Crippen LogP contribution < -0.4 is 4.72 Å². The summed E-state index contributed by atoms with van der Waals surface area (Å²) in [4.78, 5) is 7.78. The lowest BCUT2D eigenvalue weighted by molar-refractivity contribution is 0.603. The lowest BCUT2D eigenvalue weighted by Crippen LogP contribution is -2.13. The molecule has 0 atom stereocenters. The van der Waals surface area contributed by atoms with Gasteiger partial charge in [0.2, 0.25) is 0 Å². The van der Waals surface area contributed by atoms with Gasteiger partial charge in [-0.05, 0) is 12.1 Å². The maximum atomic E-state index is 11.9. The Morgan fingerprint density at radius 3 is 2.67 bits per heavy atom. The van der Waals surface area contributed by atoms with Crippen molar-refractivity contribution in [3.05, 3.63) is 34.6 Å². The van der Waals surface area contributed by atoms with Crippen LogP contribution in [-0.2, 0) is 10.0 Å². The third-order valence-corrected chi connectivity index (χ3v) is 4.94. The quantitative estimate of drug-likeness (QED) is 0.933. The lowest BCUT2D eigenvalue weighted by Gasteiger charge is -2.05. The Hall–Kier alpha value is -1.69. The number of nitriles is 1. The molecule has 0 aromatic carbocycles. The van der Waals surface area contributed by atoms with Crippen LogP contribution in [0.4, 0.5) is 5.82 Å². The van der Waals surface area contributed by atoms with E-state index in [0.29, 0.717) is 4.88 Å². The van der Waals surface area contributed by atoms with E-state index in [2.05, 4.69) is 14.7 Å². The first-order chi connectivity index (χ1) is 8.53. The number of sulfonamides is 1. The van der Waals surface area contributed by atoms with Crippen LogP contribution >= 0.6 is 22.9 Å². The van der Waals surface area contributed by atoms with Crippen LogP contribution in [0.3, 0.4) is 0 Å². The van der Waals surface area contributed by atoms with Gasteiger partial charge in [-0.2, -0.15) is 5.26 Å². The van der Waals surface area contributed by atoms with Gasteiger partial charge >= 0.3 is 0 Å². The van der Waals surface area contributed by atoms with Crippen molar-refractivity contribution in [1.29, 1.82) is 5.26 Å². The van der Waals surface area contributed by atoms with Gasteiger partial charge < -0.3 is 0 Å². The molecule has 0 saturated heterocycles. The molecule has 0 bridgehead atoms. The molecule has 0 spiro atoms. The first-order valence-corrected chi connectivity index (χ1v) is 7.20. The molecule has 2 rings (SSSR count). The Morgan fingerprint density at radius 2 is 2.06 bits per heavy atom. The van der Waals surface area contributed by atoms with Crippen LogP contribution in [0.15, 0.2) is 28.7 Å². The van der Waals surface area contributed by atoms with Crippen molar-refractivity contribution < 1.29 is 8.42 Å². The summed E-state index contributed by atoms with van der Waals surface area (Å²) in [5.74, 6) is -0.0499. The van der Waals surface area contributed by atoms with Crippen molar-refractivity contribution in [2.24, 2.45) is 0 Å². The van der Waals surface area contributed by atoms with Gasteiger partial charge in [-0.1, -0.05) is 11.6 Å². The van der Waals surface area contributed by atoms with Gasteiger partial charge in [0.25, 0.3) is 10.0 Å². The van der Waals surface area contributed by atoms with Crippen molar-refractivity contribution in [1.82, 2.24) is 9.97 Å². The number of rotatable bonds is 3. The number of anilines is 1. The van der Waals surface area contributed by atoms with Gasteiger partial charge in [0, 0.05) is 12.4 Å². The summed E-state index contributed by atoms with van der Waals surface area (Å²) in [5.41, 5.74) is 0. The van der Waals surface area contributed by atoms with Crippen molar-refractivity contribution in [2.75, 3.05) is 4.72 Å². The first-order valence-electron chi connectivity index (χ1n) is 4.52. The predicted molar refractivity (Wildman–Crippen MR) is 66.9 cm³/mol. The minimum atomic E-state index is -3.79. The van der Waals surface area contributed by atoms with Crippen molar-refractivity contribution in [3.63, 3.8) is 0 Å². The summed E-state index contributed by atoms with van der Waals surface area (Å²) in [6.45, 7) is 0. The number of nitrogens with one attached hydrogen (secondary N) is 1. The summed E-state index contributed by atoms with van der Waals surface area (Å²) < 4.78 is 26.1. The SMILES string of the molecule is N#Cc1ccc(S(=O)(=O)Nc2nccnc2Cl)s1. The fourth-order valence-electron chi connectivity index (χ4n) is 1.09. The molecule has 9 heteroatoms. The molecule has 0 fully saturated rings. The molecule has 0 radical (unpaired) electrons. The molecule has 0 aliphatic carbocycles. The standard InChI is InChI=1S/C9H5ClN4O2S2/c10-8-9(13-4-3-12-8)14-18(15,16)7-2-1-6(5-11)17-7/h1-4H,(H,13,14). The van der Waals surface area contributed by atoms with Crippen molar-refractivity contribution in [2.45, 2.75) is 4.21 Å². The lowest BCUT2D eigenvalue weighted by atomic mass is 10.5. The zero-order valence-electron chi connectivity index (χ0n) is 8.66. The van der Waals surface area contributed by atoms with E-state index >= 15 is 0 Å². The van der Waals surface area contributed by atoms with Crippen molar-refractivity contribution >= 4 is 38.8 Å². The van der Waals surface area contributed by atoms with Crippen LogP contribution in [0.1, 0.15) is 4.88 Å². The number of thiophene rings is 1. The van der Waals surface area contributed by atoms with Crippen LogP contribution in [-0.4, -0.2) is 18.4 Å². The number of nitrogens with zero attached hydrogens (tertiary/aromatic N) is 3. The monoisotopic (exact) mass is 300 g/mol. The molecule has 18 heavy (non-hydrogen) atoms. The third kappa shape index (κ3) is 2.59. The Bertz CT molecular complexity index is 720. The van der Waals surface area contributed by atoms with Gasteiger partial charge in [0.15, 0.2) is 11.0 Å². The fourth-order valence-corrected chi connectivity index (χ4v) is 3.42. The van der Waals surface area contributed by atoms with E-state index in [4.69, 9.17) is 16.9 Å². The molecular weight excluding hydrogens is 296 g/mol. The average Bonchev–Trinajstić information content (AvgIpc) is 2.81. The summed E-state index contributed by atoms with van der Waals surface area (Å²) in [5, 5.41) is 8.61. The molecule has 2 aromatic rings. The average molecular weight is 301 g/mol. The van der Waals surface area contributed by atoms with Crippen molar-refractivity contribution in [3.8, 4) is 6.07 Å². The molecule has 2 heterocycles. The third-order valence-electron chi connectivity index (χ3n) is 1.84. The van der Waals surface area contributed by atoms with Crippen LogP contribution in [0.2, 0.25) is 5.15 Å². The Kier molecular flexibility index (Phi) is 3.47.